The highest BCUT2D eigenvalue weighted by Crippen LogP contribution is 2.32. The molecular weight excluding hydrogens is 476 g/mol. The third kappa shape index (κ3) is 4.49. The van der Waals surface area contributed by atoms with Gasteiger partial charge in [-0.2, -0.15) is 4.98 Å². The Morgan fingerprint density at radius 2 is 1.76 bits per heavy atom. The van der Waals surface area contributed by atoms with Gasteiger partial charge in [-0.25, -0.2) is 19.3 Å². The topological polar surface area (TPSA) is 61.3 Å². The summed E-state index contributed by atoms with van der Waals surface area (Å²) in [5.74, 6) is 1.79. The van der Waals surface area contributed by atoms with Crippen molar-refractivity contribution in [2.45, 2.75) is 38.8 Å². The molecule has 3 aromatic rings. The van der Waals surface area contributed by atoms with Gasteiger partial charge in [0.15, 0.2) is 11.0 Å². The van der Waals surface area contributed by atoms with Crippen LogP contribution in [-0.2, 0) is 0 Å². The molecule has 2 saturated heterocycles. The Morgan fingerprint density at radius 1 is 0.941 bits per heavy atom. The van der Waals surface area contributed by atoms with Gasteiger partial charge >= 0.3 is 0 Å². The van der Waals surface area contributed by atoms with Crippen LogP contribution in [0.2, 0.25) is 10.2 Å². The van der Waals surface area contributed by atoms with E-state index >= 15 is 0 Å². The highest BCUT2D eigenvalue weighted by molar-refractivity contribution is 6.31. The van der Waals surface area contributed by atoms with Crippen LogP contribution in [0, 0.1) is 5.82 Å². The van der Waals surface area contributed by atoms with Crippen molar-refractivity contribution in [3.8, 4) is 11.3 Å². The molecule has 0 spiro atoms. The van der Waals surface area contributed by atoms with Gasteiger partial charge in [-0.15, -0.1) is 0 Å². The Hall–Kier alpha value is -2.71. The van der Waals surface area contributed by atoms with E-state index in [4.69, 9.17) is 33.2 Å². The molecule has 2 aromatic heterocycles. The molecule has 0 aliphatic carbocycles. The molecule has 5 rings (SSSR count). The van der Waals surface area contributed by atoms with Crippen molar-refractivity contribution in [2.24, 2.45) is 0 Å². The Morgan fingerprint density at radius 3 is 2.47 bits per heavy atom. The number of benzene rings is 1. The number of nitrogens with zero attached hydrogens (tertiary/aromatic N) is 7. The van der Waals surface area contributed by atoms with Crippen molar-refractivity contribution in [3.63, 3.8) is 0 Å². The highest BCUT2D eigenvalue weighted by Gasteiger charge is 2.30. The summed E-state index contributed by atoms with van der Waals surface area (Å²) in [6, 6.07) is 7.21. The summed E-state index contributed by atoms with van der Waals surface area (Å²) >= 11 is 12.4. The van der Waals surface area contributed by atoms with Crippen LogP contribution in [0.3, 0.4) is 0 Å². The van der Waals surface area contributed by atoms with Crippen molar-refractivity contribution in [1.82, 2.24) is 19.9 Å². The lowest BCUT2D eigenvalue weighted by Crippen LogP contribution is -2.53. The molecule has 0 unspecified atom stereocenters. The van der Waals surface area contributed by atoms with Crippen LogP contribution < -0.4 is 14.7 Å². The van der Waals surface area contributed by atoms with Crippen LogP contribution in [0.1, 0.15) is 26.7 Å². The van der Waals surface area contributed by atoms with Gasteiger partial charge in [0.1, 0.15) is 11.6 Å². The first-order chi connectivity index (χ1) is 16.4. The van der Waals surface area contributed by atoms with Gasteiger partial charge in [-0.1, -0.05) is 23.2 Å². The molecule has 0 saturated carbocycles. The number of rotatable bonds is 4. The van der Waals surface area contributed by atoms with Crippen LogP contribution in [0.4, 0.5) is 22.0 Å². The van der Waals surface area contributed by atoms with Crippen LogP contribution in [0.25, 0.3) is 11.3 Å². The Balaban J connectivity index is 1.49. The summed E-state index contributed by atoms with van der Waals surface area (Å²) in [6.07, 6.45) is 5.51. The summed E-state index contributed by atoms with van der Waals surface area (Å²) in [7, 11) is 0. The quantitative estimate of drug-likeness (QED) is 0.493. The molecule has 0 amide bonds. The van der Waals surface area contributed by atoms with Crippen molar-refractivity contribution in [2.75, 3.05) is 40.9 Å². The lowest BCUT2D eigenvalue weighted by molar-refractivity contribution is 0.536. The van der Waals surface area contributed by atoms with Crippen molar-refractivity contribution in [3.05, 3.63) is 52.7 Å². The van der Waals surface area contributed by atoms with Crippen molar-refractivity contribution >= 4 is 40.8 Å². The SMILES string of the molecule is C[C@@H]1CCCN1c1cc(-c2ccc(F)c(Cl)c2)nc(N2CCN(c3nccnc3Cl)C[C@H]2C)n1. The third-order valence-electron chi connectivity index (χ3n) is 6.58. The maximum Gasteiger partial charge on any atom is 0.228 e. The van der Waals surface area contributed by atoms with E-state index in [0.29, 0.717) is 42.6 Å². The molecule has 34 heavy (non-hydrogen) atoms. The van der Waals surface area contributed by atoms with Crippen LogP contribution in [0.5, 0.6) is 0 Å². The lowest BCUT2D eigenvalue weighted by atomic mass is 10.1. The lowest BCUT2D eigenvalue weighted by Gasteiger charge is -2.40. The first kappa shape index (κ1) is 23.1. The van der Waals surface area contributed by atoms with Gasteiger partial charge in [0.25, 0.3) is 0 Å². The van der Waals surface area contributed by atoms with E-state index in [1.165, 1.54) is 6.07 Å². The fourth-order valence-electron chi connectivity index (χ4n) is 4.75. The molecule has 4 heterocycles. The molecule has 2 fully saturated rings. The molecule has 2 atom stereocenters. The number of hydrogen-bond donors (Lipinski definition) is 0. The average Bonchev–Trinajstić information content (AvgIpc) is 3.26. The van der Waals surface area contributed by atoms with Crippen molar-refractivity contribution in [1.29, 1.82) is 0 Å². The zero-order valence-electron chi connectivity index (χ0n) is 19.1. The smallest absolute Gasteiger partial charge is 0.228 e. The molecule has 10 heteroatoms. The molecule has 2 aliphatic rings. The van der Waals surface area contributed by atoms with E-state index in [9.17, 15) is 4.39 Å². The normalized spacial score (nSPS) is 20.8. The second kappa shape index (κ2) is 9.50. The van der Waals surface area contributed by atoms with E-state index in [-0.39, 0.29) is 11.1 Å². The van der Waals surface area contributed by atoms with E-state index in [0.717, 1.165) is 36.5 Å². The summed E-state index contributed by atoms with van der Waals surface area (Å²) < 4.78 is 13.8. The van der Waals surface area contributed by atoms with Gasteiger partial charge in [-0.3, -0.25) is 0 Å². The Labute approximate surface area is 208 Å². The minimum atomic E-state index is -0.444. The van der Waals surface area contributed by atoms with Crippen molar-refractivity contribution < 1.29 is 4.39 Å². The predicted molar refractivity (Wildman–Crippen MR) is 135 cm³/mol. The summed E-state index contributed by atoms with van der Waals surface area (Å²) in [4.78, 5) is 25.1. The van der Waals surface area contributed by atoms with E-state index < -0.39 is 5.82 Å². The second-order valence-electron chi connectivity index (χ2n) is 8.88. The molecule has 7 nitrogen and oxygen atoms in total. The van der Waals surface area contributed by atoms with Gasteiger partial charge in [0.05, 0.1) is 10.7 Å². The Bertz CT molecular complexity index is 1190. The van der Waals surface area contributed by atoms with Crippen LogP contribution >= 0.6 is 23.2 Å². The van der Waals surface area contributed by atoms with E-state index in [2.05, 4.69) is 38.5 Å². The molecule has 2 aliphatic heterocycles. The summed E-state index contributed by atoms with van der Waals surface area (Å²) in [6.45, 7) is 7.44. The first-order valence-corrected chi connectivity index (χ1v) is 12.3. The fourth-order valence-corrected chi connectivity index (χ4v) is 5.15. The molecule has 178 valence electrons. The van der Waals surface area contributed by atoms with Gasteiger partial charge in [0, 0.05) is 62.3 Å². The number of halogens is 3. The molecule has 1 aromatic carbocycles. The molecular formula is C24H26Cl2FN7. The van der Waals surface area contributed by atoms with E-state index in [1.807, 2.05) is 6.07 Å². The summed E-state index contributed by atoms with van der Waals surface area (Å²) in [5.41, 5.74) is 1.49. The minimum absolute atomic E-state index is 0.0802. The van der Waals surface area contributed by atoms with Crippen LogP contribution in [-0.4, -0.2) is 58.2 Å². The fraction of sp³-hybridized carbons (Fsp3) is 0.417. The van der Waals surface area contributed by atoms with Gasteiger partial charge in [0.2, 0.25) is 5.95 Å². The molecule has 0 bridgehead atoms. The zero-order chi connectivity index (χ0) is 23.8. The number of anilines is 3. The highest BCUT2D eigenvalue weighted by atomic mass is 35.5. The standard InChI is InChI=1S/C24H26Cl2FN7/c1-15-4-3-9-33(15)21-13-20(17-5-6-19(27)18(25)12-17)30-24(31-21)34-11-10-32(14-16(34)2)23-22(26)28-7-8-29-23/h5-8,12-13,15-16H,3-4,9-11,14H2,1-2H3/t15-,16-/m1/s1. The Kier molecular flexibility index (Phi) is 6.44. The second-order valence-corrected chi connectivity index (χ2v) is 9.65. The number of aromatic nitrogens is 4. The first-order valence-electron chi connectivity index (χ1n) is 11.5. The largest absolute Gasteiger partial charge is 0.354 e. The zero-order valence-corrected chi connectivity index (χ0v) is 20.6. The van der Waals surface area contributed by atoms with Crippen LogP contribution in [0.15, 0.2) is 36.7 Å². The summed E-state index contributed by atoms with van der Waals surface area (Å²) in [5, 5.41) is 0.483. The third-order valence-corrected chi connectivity index (χ3v) is 7.14. The van der Waals surface area contributed by atoms with Gasteiger partial charge < -0.3 is 14.7 Å². The number of hydrogen-bond acceptors (Lipinski definition) is 7. The van der Waals surface area contributed by atoms with E-state index in [1.54, 1.807) is 24.5 Å². The minimum Gasteiger partial charge on any atom is -0.354 e. The number of piperazine rings is 1. The van der Waals surface area contributed by atoms with Gasteiger partial charge in [-0.05, 0) is 44.9 Å². The average molecular weight is 502 g/mol. The maximum atomic E-state index is 13.8. The maximum absolute atomic E-state index is 13.8. The monoisotopic (exact) mass is 501 g/mol. The molecule has 0 N–H and O–H groups in total. The molecule has 0 radical (unpaired) electrons. The predicted octanol–water partition coefficient (Wildman–Crippen LogP) is 5.08.